The summed E-state index contributed by atoms with van der Waals surface area (Å²) in [6, 6.07) is 6.13. The van der Waals surface area contributed by atoms with E-state index in [4.69, 9.17) is 4.74 Å². The van der Waals surface area contributed by atoms with Gasteiger partial charge in [0.15, 0.2) is 0 Å². The first-order chi connectivity index (χ1) is 9.42. The van der Waals surface area contributed by atoms with E-state index in [9.17, 15) is 8.42 Å². The molecule has 0 heterocycles. The maximum absolute atomic E-state index is 11.1. The van der Waals surface area contributed by atoms with Crippen molar-refractivity contribution in [3.63, 3.8) is 0 Å². The standard InChI is InChI=1S/C13H20BrNO3S2/c1-18-6-5-15-10-11-3-4-13(12(14)9-11)19-7-8-20(2,16)17/h3-4,9,15H,5-8,10H2,1-2H3. The predicted molar refractivity (Wildman–Crippen MR) is 88.2 cm³/mol. The summed E-state index contributed by atoms with van der Waals surface area (Å²) in [6.45, 7) is 2.30. The minimum Gasteiger partial charge on any atom is -0.383 e. The minimum absolute atomic E-state index is 0.199. The number of benzene rings is 1. The van der Waals surface area contributed by atoms with Crippen LogP contribution in [0, 0.1) is 0 Å². The molecule has 1 aromatic carbocycles. The SMILES string of the molecule is COCCNCc1ccc(SCCS(C)(=O)=O)c(Br)c1. The Hall–Kier alpha value is -0.0800. The summed E-state index contributed by atoms with van der Waals surface area (Å²) >= 11 is 5.08. The minimum atomic E-state index is -2.89. The monoisotopic (exact) mass is 381 g/mol. The molecule has 0 amide bonds. The van der Waals surface area contributed by atoms with Gasteiger partial charge >= 0.3 is 0 Å². The maximum atomic E-state index is 11.1. The number of hydrogen-bond donors (Lipinski definition) is 1. The summed E-state index contributed by atoms with van der Waals surface area (Å²) < 4.78 is 28.1. The summed E-state index contributed by atoms with van der Waals surface area (Å²) in [7, 11) is -1.21. The fourth-order valence-corrected chi connectivity index (χ4v) is 4.38. The van der Waals surface area contributed by atoms with Crippen LogP contribution in [0.1, 0.15) is 5.56 Å². The lowest BCUT2D eigenvalue weighted by Gasteiger charge is -2.08. The van der Waals surface area contributed by atoms with Crippen molar-refractivity contribution >= 4 is 37.5 Å². The van der Waals surface area contributed by atoms with Gasteiger partial charge in [-0.25, -0.2) is 8.42 Å². The summed E-state index contributed by atoms with van der Waals surface area (Å²) in [4.78, 5) is 1.06. The van der Waals surface area contributed by atoms with Crippen molar-refractivity contribution in [2.75, 3.05) is 38.0 Å². The molecule has 20 heavy (non-hydrogen) atoms. The van der Waals surface area contributed by atoms with Crippen molar-refractivity contribution in [3.8, 4) is 0 Å². The lowest BCUT2D eigenvalue weighted by molar-refractivity contribution is 0.199. The number of thioether (sulfide) groups is 1. The first kappa shape index (κ1) is 18.0. The molecule has 0 aliphatic carbocycles. The fourth-order valence-electron chi connectivity index (χ4n) is 1.48. The Balaban J connectivity index is 2.46. The molecule has 4 nitrogen and oxygen atoms in total. The molecular weight excluding hydrogens is 362 g/mol. The van der Waals surface area contributed by atoms with Gasteiger partial charge in [-0.1, -0.05) is 6.07 Å². The normalized spacial score (nSPS) is 11.8. The highest BCUT2D eigenvalue weighted by molar-refractivity contribution is 9.10. The molecule has 0 saturated carbocycles. The number of methoxy groups -OCH3 is 1. The third-order valence-electron chi connectivity index (χ3n) is 2.52. The van der Waals surface area contributed by atoms with E-state index in [1.165, 1.54) is 11.8 Å². The summed E-state index contributed by atoms with van der Waals surface area (Å²) in [5.74, 6) is 0.771. The zero-order valence-corrected chi connectivity index (χ0v) is 14.9. The van der Waals surface area contributed by atoms with Crippen LogP contribution < -0.4 is 5.32 Å². The molecule has 0 unspecified atom stereocenters. The van der Waals surface area contributed by atoms with Gasteiger partial charge in [0.25, 0.3) is 0 Å². The van der Waals surface area contributed by atoms with Gasteiger partial charge in [0.05, 0.1) is 12.4 Å². The Bertz CT molecular complexity index is 520. The third kappa shape index (κ3) is 7.64. The first-order valence-corrected chi connectivity index (χ1v) is 10.0. The van der Waals surface area contributed by atoms with Gasteiger partial charge in [-0.3, -0.25) is 0 Å². The predicted octanol–water partition coefficient (Wildman–Crippen LogP) is 2.32. The molecule has 0 saturated heterocycles. The van der Waals surface area contributed by atoms with Crippen LogP contribution in [-0.4, -0.2) is 46.4 Å². The van der Waals surface area contributed by atoms with Gasteiger partial charge in [0.1, 0.15) is 9.84 Å². The van der Waals surface area contributed by atoms with E-state index < -0.39 is 9.84 Å². The van der Waals surface area contributed by atoms with Crippen LogP contribution in [0.15, 0.2) is 27.6 Å². The number of sulfone groups is 1. The van der Waals surface area contributed by atoms with Gasteiger partial charge in [0.2, 0.25) is 0 Å². The molecule has 1 aromatic rings. The maximum Gasteiger partial charge on any atom is 0.148 e. The third-order valence-corrected chi connectivity index (χ3v) is 5.72. The van der Waals surface area contributed by atoms with Crippen molar-refractivity contribution in [2.45, 2.75) is 11.4 Å². The van der Waals surface area contributed by atoms with Crippen LogP contribution in [0.5, 0.6) is 0 Å². The van der Waals surface area contributed by atoms with E-state index in [1.807, 2.05) is 12.1 Å². The van der Waals surface area contributed by atoms with Gasteiger partial charge in [0, 0.05) is 41.6 Å². The van der Waals surface area contributed by atoms with E-state index in [0.29, 0.717) is 12.4 Å². The highest BCUT2D eigenvalue weighted by Gasteiger charge is 2.06. The van der Waals surface area contributed by atoms with Gasteiger partial charge in [-0.15, -0.1) is 11.8 Å². The highest BCUT2D eigenvalue weighted by Crippen LogP contribution is 2.28. The molecule has 1 rings (SSSR count). The summed E-state index contributed by atoms with van der Waals surface area (Å²) in [5, 5.41) is 3.28. The lowest BCUT2D eigenvalue weighted by Crippen LogP contribution is -2.18. The fraction of sp³-hybridized carbons (Fsp3) is 0.538. The number of rotatable bonds is 9. The number of ether oxygens (including phenoxy) is 1. The second kappa shape index (κ2) is 9.04. The molecule has 1 N–H and O–H groups in total. The zero-order chi connectivity index (χ0) is 15.0. The van der Waals surface area contributed by atoms with E-state index in [0.717, 1.165) is 22.5 Å². The van der Waals surface area contributed by atoms with Crippen LogP contribution >= 0.6 is 27.7 Å². The average molecular weight is 382 g/mol. The largest absolute Gasteiger partial charge is 0.383 e. The van der Waals surface area contributed by atoms with E-state index >= 15 is 0 Å². The van der Waals surface area contributed by atoms with Gasteiger partial charge in [-0.05, 0) is 33.6 Å². The molecule has 114 valence electrons. The Kier molecular flexibility index (Phi) is 8.13. The molecule has 0 aliphatic rings. The smallest absolute Gasteiger partial charge is 0.148 e. The molecule has 0 bridgehead atoms. The Labute approximate surface area is 133 Å². The zero-order valence-electron chi connectivity index (χ0n) is 11.7. The van der Waals surface area contributed by atoms with Crippen molar-refractivity contribution < 1.29 is 13.2 Å². The first-order valence-electron chi connectivity index (χ1n) is 6.21. The molecule has 0 spiro atoms. The van der Waals surface area contributed by atoms with E-state index in [2.05, 4.69) is 27.3 Å². The van der Waals surface area contributed by atoms with Crippen LogP contribution in [0.4, 0.5) is 0 Å². The molecular formula is C13H20BrNO3S2. The van der Waals surface area contributed by atoms with Crippen LogP contribution in [0.25, 0.3) is 0 Å². The van der Waals surface area contributed by atoms with Gasteiger partial charge < -0.3 is 10.1 Å². The molecule has 0 radical (unpaired) electrons. The number of halogens is 1. The van der Waals surface area contributed by atoms with E-state index in [-0.39, 0.29) is 5.75 Å². The Morgan fingerprint density at radius 3 is 2.75 bits per heavy atom. The molecule has 0 fully saturated rings. The van der Waals surface area contributed by atoms with Crippen LogP contribution in [0.3, 0.4) is 0 Å². The average Bonchev–Trinajstić information content (AvgIpc) is 2.36. The molecule has 0 atom stereocenters. The molecule has 0 aliphatic heterocycles. The van der Waals surface area contributed by atoms with Crippen LogP contribution in [0.2, 0.25) is 0 Å². The summed E-state index contributed by atoms with van der Waals surface area (Å²) in [6.07, 6.45) is 1.26. The van der Waals surface area contributed by atoms with Crippen molar-refractivity contribution in [1.29, 1.82) is 0 Å². The topological polar surface area (TPSA) is 55.4 Å². The lowest BCUT2D eigenvalue weighted by atomic mass is 10.2. The van der Waals surface area contributed by atoms with Crippen molar-refractivity contribution in [2.24, 2.45) is 0 Å². The highest BCUT2D eigenvalue weighted by atomic mass is 79.9. The quantitative estimate of drug-likeness (QED) is 0.525. The Morgan fingerprint density at radius 2 is 2.15 bits per heavy atom. The second-order valence-electron chi connectivity index (χ2n) is 4.41. The summed E-state index contributed by atoms with van der Waals surface area (Å²) in [5.41, 5.74) is 1.18. The van der Waals surface area contributed by atoms with Crippen molar-refractivity contribution in [3.05, 3.63) is 28.2 Å². The Morgan fingerprint density at radius 1 is 1.40 bits per heavy atom. The molecule has 0 aromatic heterocycles. The second-order valence-corrected chi connectivity index (χ2v) is 8.66. The van der Waals surface area contributed by atoms with Crippen LogP contribution in [-0.2, 0) is 21.1 Å². The van der Waals surface area contributed by atoms with Crippen molar-refractivity contribution in [1.82, 2.24) is 5.32 Å². The number of hydrogen-bond acceptors (Lipinski definition) is 5. The number of nitrogens with one attached hydrogen (secondary N) is 1. The molecule has 7 heteroatoms. The van der Waals surface area contributed by atoms with E-state index in [1.54, 1.807) is 18.9 Å². The van der Waals surface area contributed by atoms with Gasteiger partial charge in [-0.2, -0.15) is 0 Å².